The number of benzene rings is 2. The molecule has 0 fully saturated rings. The van der Waals surface area contributed by atoms with E-state index in [1.807, 2.05) is 13.8 Å². The molecule has 32 heavy (non-hydrogen) atoms. The van der Waals surface area contributed by atoms with Crippen LogP contribution in [0.4, 0.5) is 5.69 Å². The van der Waals surface area contributed by atoms with Crippen LogP contribution in [-0.4, -0.2) is 56.6 Å². The third-order valence-corrected chi connectivity index (χ3v) is 4.63. The number of nitrogens with one attached hydrogen (secondary N) is 1. The largest absolute Gasteiger partial charge is 0.497 e. The van der Waals surface area contributed by atoms with Gasteiger partial charge in [-0.25, -0.2) is 4.79 Å². The van der Waals surface area contributed by atoms with Gasteiger partial charge in [-0.2, -0.15) is 0 Å². The molecule has 0 aromatic heterocycles. The Kier molecular flexibility index (Phi) is 9.28. The van der Waals surface area contributed by atoms with E-state index >= 15 is 0 Å². The molecule has 1 N–H and O–H groups in total. The first-order valence-electron chi connectivity index (χ1n) is 10.2. The van der Waals surface area contributed by atoms with Crippen LogP contribution in [0.3, 0.4) is 0 Å². The summed E-state index contributed by atoms with van der Waals surface area (Å²) in [5, 5.41) is 2.63. The molecule has 0 saturated heterocycles. The van der Waals surface area contributed by atoms with E-state index in [1.165, 1.54) is 19.3 Å². The van der Waals surface area contributed by atoms with E-state index in [4.69, 9.17) is 14.2 Å². The van der Waals surface area contributed by atoms with Gasteiger partial charge in [0.2, 0.25) is 0 Å². The van der Waals surface area contributed by atoms with Crippen molar-refractivity contribution in [3.8, 4) is 11.5 Å². The number of esters is 1. The number of rotatable bonds is 10. The van der Waals surface area contributed by atoms with Gasteiger partial charge >= 0.3 is 5.97 Å². The Morgan fingerprint density at radius 1 is 1.00 bits per heavy atom. The minimum absolute atomic E-state index is 0.114. The van der Waals surface area contributed by atoms with E-state index in [9.17, 15) is 14.4 Å². The van der Waals surface area contributed by atoms with Gasteiger partial charge in [-0.3, -0.25) is 9.59 Å². The fraction of sp³-hybridized carbons (Fsp3) is 0.292. The second-order valence-corrected chi connectivity index (χ2v) is 6.66. The molecule has 8 heteroatoms. The number of ether oxygens (including phenoxy) is 3. The van der Waals surface area contributed by atoms with Gasteiger partial charge in [-0.15, -0.1) is 0 Å². The predicted molar refractivity (Wildman–Crippen MR) is 122 cm³/mol. The Hall–Kier alpha value is -3.81. The number of carbonyl (C=O) groups is 3. The maximum Gasteiger partial charge on any atom is 0.331 e. The van der Waals surface area contributed by atoms with Crippen LogP contribution < -0.4 is 14.8 Å². The zero-order valence-electron chi connectivity index (χ0n) is 18.7. The molecule has 0 spiro atoms. The summed E-state index contributed by atoms with van der Waals surface area (Å²) in [5.74, 6) is -0.146. The molecule has 2 amide bonds. The van der Waals surface area contributed by atoms with Gasteiger partial charge in [0.25, 0.3) is 11.8 Å². The first kappa shape index (κ1) is 24.5. The smallest absolute Gasteiger partial charge is 0.331 e. The maximum absolute atomic E-state index is 12.5. The normalized spacial score (nSPS) is 10.5. The summed E-state index contributed by atoms with van der Waals surface area (Å²) < 4.78 is 15.4. The van der Waals surface area contributed by atoms with Gasteiger partial charge in [-0.1, -0.05) is 6.07 Å². The van der Waals surface area contributed by atoms with Gasteiger partial charge in [0.05, 0.1) is 14.2 Å². The van der Waals surface area contributed by atoms with Crippen LogP contribution in [0.25, 0.3) is 6.08 Å². The molecule has 0 aliphatic rings. The molecule has 0 bridgehead atoms. The standard InChI is InChI=1S/C24H28N2O6/c1-5-26(6-2)24(29)18-8-7-9-19(14-18)25-22(27)16-32-23(28)13-11-17-10-12-20(30-3)15-21(17)31-4/h7-15H,5-6,16H2,1-4H3,(H,25,27)/b13-11+. The number of hydrogen-bond acceptors (Lipinski definition) is 6. The van der Waals surface area contributed by atoms with E-state index in [2.05, 4.69) is 5.32 Å². The summed E-state index contributed by atoms with van der Waals surface area (Å²) in [6, 6.07) is 11.8. The zero-order valence-corrected chi connectivity index (χ0v) is 18.7. The van der Waals surface area contributed by atoms with Gasteiger partial charge < -0.3 is 24.4 Å². The average molecular weight is 440 g/mol. The first-order valence-corrected chi connectivity index (χ1v) is 10.2. The summed E-state index contributed by atoms with van der Waals surface area (Å²) >= 11 is 0. The highest BCUT2D eigenvalue weighted by molar-refractivity contribution is 5.98. The molecule has 2 aromatic carbocycles. The first-order chi connectivity index (χ1) is 15.4. The lowest BCUT2D eigenvalue weighted by Gasteiger charge is -2.19. The van der Waals surface area contributed by atoms with Gasteiger partial charge in [0.15, 0.2) is 6.61 Å². The minimum atomic E-state index is -0.677. The molecule has 0 aliphatic carbocycles. The van der Waals surface area contributed by atoms with Gasteiger partial charge in [0, 0.05) is 42.0 Å². The number of methoxy groups -OCH3 is 2. The van der Waals surface area contributed by atoms with Crippen LogP contribution in [0.5, 0.6) is 11.5 Å². The number of amides is 2. The topological polar surface area (TPSA) is 94.2 Å². The predicted octanol–water partition coefficient (Wildman–Crippen LogP) is 3.38. The van der Waals surface area contributed by atoms with Crippen molar-refractivity contribution < 1.29 is 28.6 Å². The quantitative estimate of drug-likeness (QED) is 0.450. The number of anilines is 1. The lowest BCUT2D eigenvalue weighted by molar-refractivity contribution is -0.142. The van der Waals surface area contributed by atoms with Gasteiger partial charge in [-0.05, 0) is 50.3 Å². The second-order valence-electron chi connectivity index (χ2n) is 6.66. The Bertz CT molecular complexity index is 982. The highest BCUT2D eigenvalue weighted by Crippen LogP contribution is 2.25. The minimum Gasteiger partial charge on any atom is -0.497 e. The number of carbonyl (C=O) groups excluding carboxylic acids is 3. The van der Waals surface area contributed by atoms with E-state index in [-0.39, 0.29) is 5.91 Å². The second kappa shape index (κ2) is 12.1. The van der Waals surface area contributed by atoms with E-state index in [1.54, 1.807) is 54.5 Å². The molecule has 8 nitrogen and oxygen atoms in total. The van der Waals surface area contributed by atoms with E-state index in [0.29, 0.717) is 41.4 Å². The van der Waals surface area contributed by atoms with Crippen LogP contribution in [0.1, 0.15) is 29.8 Å². The van der Waals surface area contributed by atoms with Crippen molar-refractivity contribution in [1.82, 2.24) is 4.90 Å². The summed E-state index contributed by atoms with van der Waals surface area (Å²) in [6.07, 6.45) is 2.74. The molecule has 2 rings (SSSR count). The van der Waals surface area contributed by atoms with Crippen LogP contribution in [-0.2, 0) is 14.3 Å². The molecule has 0 aliphatic heterocycles. The Balaban J connectivity index is 1.92. The van der Waals surface area contributed by atoms with Gasteiger partial charge in [0.1, 0.15) is 11.5 Å². The molecule has 0 atom stereocenters. The van der Waals surface area contributed by atoms with Crippen LogP contribution in [0.15, 0.2) is 48.5 Å². The van der Waals surface area contributed by atoms with Crippen molar-refractivity contribution in [1.29, 1.82) is 0 Å². The Morgan fingerprint density at radius 3 is 2.41 bits per heavy atom. The zero-order chi connectivity index (χ0) is 23.5. The van der Waals surface area contributed by atoms with Crippen molar-refractivity contribution in [2.75, 3.05) is 39.2 Å². The summed E-state index contributed by atoms with van der Waals surface area (Å²) in [4.78, 5) is 38.3. The summed E-state index contributed by atoms with van der Waals surface area (Å²) in [5.41, 5.74) is 1.58. The van der Waals surface area contributed by atoms with Crippen LogP contribution in [0, 0.1) is 0 Å². The monoisotopic (exact) mass is 440 g/mol. The molecule has 0 unspecified atom stereocenters. The van der Waals surface area contributed by atoms with Crippen molar-refractivity contribution in [2.24, 2.45) is 0 Å². The molecule has 0 heterocycles. The number of nitrogens with zero attached hydrogens (tertiary/aromatic N) is 1. The molecular weight excluding hydrogens is 412 g/mol. The summed E-state index contributed by atoms with van der Waals surface area (Å²) in [7, 11) is 3.06. The lowest BCUT2D eigenvalue weighted by Crippen LogP contribution is -2.30. The van der Waals surface area contributed by atoms with E-state index in [0.717, 1.165) is 0 Å². The molecular formula is C24H28N2O6. The highest BCUT2D eigenvalue weighted by Gasteiger charge is 2.13. The van der Waals surface area contributed by atoms with Crippen molar-refractivity contribution in [3.05, 3.63) is 59.7 Å². The van der Waals surface area contributed by atoms with Crippen molar-refractivity contribution >= 4 is 29.5 Å². The Morgan fingerprint density at radius 2 is 1.75 bits per heavy atom. The molecule has 2 aromatic rings. The molecule has 0 saturated carbocycles. The molecule has 0 radical (unpaired) electrons. The maximum atomic E-state index is 12.5. The van der Waals surface area contributed by atoms with Crippen molar-refractivity contribution in [2.45, 2.75) is 13.8 Å². The average Bonchev–Trinajstić information content (AvgIpc) is 2.82. The van der Waals surface area contributed by atoms with Crippen molar-refractivity contribution in [3.63, 3.8) is 0 Å². The number of hydrogen-bond donors (Lipinski definition) is 1. The van der Waals surface area contributed by atoms with E-state index < -0.39 is 18.5 Å². The Labute approximate surface area is 187 Å². The fourth-order valence-electron chi connectivity index (χ4n) is 2.92. The summed E-state index contributed by atoms with van der Waals surface area (Å²) in [6.45, 7) is 4.54. The third kappa shape index (κ3) is 6.87. The van der Waals surface area contributed by atoms with Crippen LogP contribution in [0.2, 0.25) is 0 Å². The highest BCUT2D eigenvalue weighted by atomic mass is 16.5. The van der Waals surface area contributed by atoms with Crippen LogP contribution >= 0.6 is 0 Å². The lowest BCUT2D eigenvalue weighted by atomic mass is 10.1. The SMILES string of the molecule is CCN(CC)C(=O)c1cccc(NC(=O)COC(=O)/C=C/c2ccc(OC)cc2OC)c1. The fourth-order valence-corrected chi connectivity index (χ4v) is 2.92. The molecule has 170 valence electrons. The third-order valence-electron chi connectivity index (χ3n) is 4.63.